The molecule has 3 nitrogen and oxygen atoms in total. The first-order valence-corrected chi connectivity index (χ1v) is 15.3. The average molecular weight is 589 g/mol. The molecule has 0 aliphatic carbocycles. The molecule has 0 spiro atoms. The van der Waals surface area contributed by atoms with Crippen LogP contribution in [0.4, 0.5) is 0 Å². The number of nitrogens with zero attached hydrogens (tertiary/aromatic N) is 3. The van der Waals surface area contributed by atoms with Gasteiger partial charge in [0.2, 0.25) is 0 Å². The van der Waals surface area contributed by atoms with Gasteiger partial charge in [-0.1, -0.05) is 12.1 Å². The molecule has 0 bridgehead atoms. The van der Waals surface area contributed by atoms with Crippen molar-refractivity contribution in [1.82, 2.24) is 15.0 Å². The molecule has 192 valence electrons. The van der Waals surface area contributed by atoms with E-state index in [1.54, 1.807) is 0 Å². The summed E-state index contributed by atoms with van der Waals surface area (Å²) in [5.41, 5.74) is 5.50. The summed E-state index contributed by atoms with van der Waals surface area (Å²) in [5, 5.41) is 5.07. The zero-order valence-electron chi connectivity index (χ0n) is 22.0. The van der Waals surface area contributed by atoms with Gasteiger partial charge in [-0.25, -0.2) is 0 Å². The Morgan fingerprint density at radius 3 is 1.51 bits per heavy atom. The molecule has 0 atom stereocenters. The van der Waals surface area contributed by atoms with Crippen LogP contribution in [0, 0.1) is 0 Å². The second kappa shape index (κ2) is 9.94. The van der Waals surface area contributed by atoms with Gasteiger partial charge in [-0.3, -0.25) is 0 Å². The van der Waals surface area contributed by atoms with E-state index in [9.17, 15) is 0 Å². The fourth-order valence-electron chi connectivity index (χ4n) is 5.63. The molecular weight excluding hydrogens is 565 g/mol. The van der Waals surface area contributed by atoms with E-state index < -0.39 is 0 Å². The topological polar surface area (TPSA) is 38.7 Å². The molecule has 0 saturated heterocycles. The molecule has 8 rings (SSSR count). The molecule has 2 aromatic heterocycles. The summed E-state index contributed by atoms with van der Waals surface area (Å²) in [6.45, 7) is 0. The van der Waals surface area contributed by atoms with Crippen LogP contribution in [-0.4, -0.2) is 29.5 Å². The van der Waals surface area contributed by atoms with Crippen molar-refractivity contribution in [2.45, 2.75) is 0 Å². The monoisotopic (exact) mass is 589 g/mol. The van der Waals surface area contributed by atoms with Crippen LogP contribution in [0.2, 0.25) is 0 Å². The van der Waals surface area contributed by atoms with E-state index >= 15 is 0 Å². The minimum atomic E-state index is 0.270. The second-order valence-electron chi connectivity index (χ2n) is 10.0. The molecule has 0 aliphatic rings. The van der Waals surface area contributed by atoms with Crippen LogP contribution in [-0.2, 0) is 0 Å². The van der Waals surface area contributed by atoms with Crippen molar-refractivity contribution in [3.63, 3.8) is 0 Å². The molecule has 2 heterocycles. The van der Waals surface area contributed by atoms with E-state index in [1.807, 2.05) is 60.7 Å². The molecule has 0 saturated carbocycles. The van der Waals surface area contributed by atoms with Crippen LogP contribution < -0.4 is 0 Å². The number of aromatic nitrogens is 3. The van der Waals surface area contributed by atoms with E-state index in [4.69, 9.17) is 15.0 Å². The van der Waals surface area contributed by atoms with E-state index in [1.165, 1.54) is 35.8 Å². The van der Waals surface area contributed by atoms with Crippen molar-refractivity contribution in [3.05, 3.63) is 140 Å². The molecule has 8 aromatic rings. The van der Waals surface area contributed by atoms with Crippen molar-refractivity contribution < 1.29 is 0 Å². The zero-order chi connectivity index (χ0) is 27.2. The molecule has 4 heteroatoms. The molecule has 0 amide bonds. The Bertz CT molecular complexity index is 2140. The Balaban J connectivity index is 1.36. The van der Waals surface area contributed by atoms with E-state index in [0.29, 0.717) is 17.5 Å². The maximum absolute atomic E-state index is 5.02. The van der Waals surface area contributed by atoms with E-state index in [0.717, 1.165) is 22.1 Å². The SMILES string of the molecule is c1ccc(-c2nc(-c3ccccc3)nc(-c3cccc4c(-c5cccc6c5[se]c5ccccc56)cccc34)n2)cc1. The Labute approximate surface area is 243 Å². The summed E-state index contributed by atoms with van der Waals surface area (Å²) in [4.78, 5) is 14.9. The van der Waals surface area contributed by atoms with Crippen molar-refractivity contribution in [2.24, 2.45) is 0 Å². The quantitative estimate of drug-likeness (QED) is 0.193. The van der Waals surface area contributed by atoms with Gasteiger partial charge in [0.1, 0.15) is 0 Å². The van der Waals surface area contributed by atoms with Crippen LogP contribution in [0.3, 0.4) is 0 Å². The number of rotatable bonds is 4. The number of benzene rings is 6. The summed E-state index contributed by atoms with van der Waals surface area (Å²) in [6.07, 6.45) is 0. The first kappa shape index (κ1) is 24.0. The van der Waals surface area contributed by atoms with Crippen molar-refractivity contribution >= 4 is 44.6 Å². The van der Waals surface area contributed by atoms with Gasteiger partial charge in [0, 0.05) is 0 Å². The van der Waals surface area contributed by atoms with Crippen LogP contribution in [0.25, 0.3) is 75.4 Å². The van der Waals surface area contributed by atoms with Gasteiger partial charge in [0.25, 0.3) is 0 Å². The molecule has 0 radical (unpaired) electrons. The molecule has 0 N–H and O–H groups in total. The van der Waals surface area contributed by atoms with Crippen LogP contribution in [0.15, 0.2) is 140 Å². The fourth-order valence-corrected chi connectivity index (χ4v) is 8.21. The summed E-state index contributed by atoms with van der Waals surface area (Å²) in [5.74, 6) is 2.02. The molecule has 0 fully saturated rings. The zero-order valence-corrected chi connectivity index (χ0v) is 23.7. The minimum absolute atomic E-state index is 0.270. The summed E-state index contributed by atoms with van der Waals surface area (Å²) in [7, 11) is 0. The predicted molar refractivity (Wildman–Crippen MR) is 171 cm³/mol. The normalized spacial score (nSPS) is 11.4. The number of hydrogen-bond acceptors (Lipinski definition) is 3. The van der Waals surface area contributed by atoms with E-state index in [2.05, 4.69) is 78.9 Å². The van der Waals surface area contributed by atoms with Gasteiger partial charge < -0.3 is 0 Å². The molecule has 0 unspecified atom stereocenters. The van der Waals surface area contributed by atoms with Crippen LogP contribution >= 0.6 is 0 Å². The Kier molecular flexibility index (Phi) is 5.81. The third-order valence-corrected chi connectivity index (χ3v) is 10.1. The van der Waals surface area contributed by atoms with Crippen LogP contribution in [0.1, 0.15) is 0 Å². The third kappa shape index (κ3) is 4.17. The van der Waals surface area contributed by atoms with Crippen LogP contribution in [0.5, 0.6) is 0 Å². The molecule has 0 aliphatic heterocycles. The third-order valence-electron chi connectivity index (χ3n) is 7.56. The molecular formula is C37H23N3Se. The van der Waals surface area contributed by atoms with Gasteiger partial charge in [-0.05, 0) is 0 Å². The average Bonchev–Trinajstić information content (AvgIpc) is 3.44. The Morgan fingerprint density at radius 2 is 0.829 bits per heavy atom. The van der Waals surface area contributed by atoms with Crippen molar-refractivity contribution in [3.8, 4) is 45.3 Å². The van der Waals surface area contributed by atoms with Gasteiger partial charge in [0.15, 0.2) is 0 Å². The standard InChI is InChI=1S/C37H23N3Se/c1-3-12-24(13-4-1)35-38-36(25-14-5-2-6-15-25)40-37(39-35)32-22-10-17-26-27(18-9-19-28(26)32)30-20-11-21-31-29-16-7-8-23-33(29)41-34(30)31/h1-23H. The summed E-state index contributed by atoms with van der Waals surface area (Å²) < 4.78 is 2.91. The summed E-state index contributed by atoms with van der Waals surface area (Å²) >= 11 is 0.270. The van der Waals surface area contributed by atoms with Crippen molar-refractivity contribution in [1.29, 1.82) is 0 Å². The molecule has 41 heavy (non-hydrogen) atoms. The van der Waals surface area contributed by atoms with E-state index in [-0.39, 0.29) is 14.5 Å². The fraction of sp³-hybridized carbons (Fsp3) is 0. The first-order chi connectivity index (χ1) is 20.3. The Hall–Kier alpha value is -4.89. The number of hydrogen-bond donors (Lipinski definition) is 0. The molecule has 6 aromatic carbocycles. The second-order valence-corrected chi connectivity index (χ2v) is 12.2. The van der Waals surface area contributed by atoms with Gasteiger partial charge in [-0.15, -0.1) is 0 Å². The first-order valence-electron chi connectivity index (χ1n) is 13.6. The van der Waals surface area contributed by atoms with Gasteiger partial charge in [-0.2, -0.15) is 0 Å². The Morgan fingerprint density at radius 1 is 0.341 bits per heavy atom. The van der Waals surface area contributed by atoms with Gasteiger partial charge >= 0.3 is 232 Å². The van der Waals surface area contributed by atoms with Crippen molar-refractivity contribution in [2.75, 3.05) is 0 Å². The number of fused-ring (bicyclic) bond motifs is 4. The van der Waals surface area contributed by atoms with Gasteiger partial charge in [0.05, 0.1) is 0 Å². The predicted octanol–water partition coefficient (Wildman–Crippen LogP) is 9.06. The summed E-state index contributed by atoms with van der Waals surface area (Å²) in [6, 6.07) is 48.9. The maximum atomic E-state index is 5.02.